The molecule has 1 aliphatic heterocycles. The first-order valence-corrected chi connectivity index (χ1v) is 10.3. The van der Waals surface area contributed by atoms with Crippen LogP contribution in [-0.2, 0) is 13.1 Å². The number of aliphatic hydroxyl groups excluding tert-OH is 1. The minimum absolute atomic E-state index is 0.209. The van der Waals surface area contributed by atoms with Gasteiger partial charge in [-0.05, 0) is 49.7 Å². The van der Waals surface area contributed by atoms with Crippen LogP contribution in [0, 0.1) is 6.92 Å². The van der Waals surface area contributed by atoms with Gasteiger partial charge in [-0.1, -0.05) is 12.1 Å². The molecule has 1 saturated heterocycles. The molecule has 4 heterocycles. The summed E-state index contributed by atoms with van der Waals surface area (Å²) in [5.41, 5.74) is 3.39. The highest BCUT2D eigenvalue weighted by atomic mass is 16.3. The summed E-state index contributed by atoms with van der Waals surface area (Å²) in [5.74, 6) is 0.948. The average molecular weight is 392 g/mol. The molecule has 0 spiro atoms. The van der Waals surface area contributed by atoms with Gasteiger partial charge in [-0.15, -0.1) is 0 Å². The number of hydrogen-bond acceptors (Lipinski definition) is 5. The van der Waals surface area contributed by atoms with Crippen LogP contribution in [0.4, 0.5) is 0 Å². The van der Waals surface area contributed by atoms with Gasteiger partial charge in [0.25, 0.3) is 0 Å². The van der Waals surface area contributed by atoms with Gasteiger partial charge in [0, 0.05) is 69.2 Å². The fourth-order valence-corrected chi connectivity index (χ4v) is 4.12. The van der Waals surface area contributed by atoms with Crippen LogP contribution < -0.4 is 0 Å². The molecule has 0 amide bonds. The zero-order valence-electron chi connectivity index (χ0n) is 17.0. The Morgan fingerprint density at radius 2 is 1.97 bits per heavy atom. The largest absolute Gasteiger partial charge is 0.396 e. The highest BCUT2D eigenvalue weighted by Gasteiger charge is 2.27. The topological polar surface area (TPSA) is 57.4 Å². The summed E-state index contributed by atoms with van der Waals surface area (Å²) < 4.78 is 2.16. The predicted molar refractivity (Wildman–Crippen MR) is 114 cm³/mol. The zero-order chi connectivity index (χ0) is 20.1. The van der Waals surface area contributed by atoms with Crippen LogP contribution in [0.3, 0.4) is 0 Å². The van der Waals surface area contributed by atoms with E-state index in [2.05, 4.69) is 54.8 Å². The number of nitrogens with zero attached hydrogens (tertiary/aromatic N) is 5. The highest BCUT2D eigenvalue weighted by Crippen LogP contribution is 2.19. The first kappa shape index (κ1) is 19.8. The van der Waals surface area contributed by atoms with Crippen molar-refractivity contribution in [3.63, 3.8) is 0 Å². The van der Waals surface area contributed by atoms with E-state index in [1.54, 1.807) is 0 Å². The first-order chi connectivity index (χ1) is 14.2. The second kappa shape index (κ2) is 9.31. The number of piperazine rings is 1. The van der Waals surface area contributed by atoms with Gasteiger partial charge in [-0.25, -0.2) is 4.98 Å². The Balaban J connectivity index is 1.43. The molecule has 3 aromatic rings. The summed E-state index contributed by atoms with van der Waals surface area (Å²) in [7, 11) is 0. The molecule has 29 heavy (non-hydrogen) atoms. The minimum atomic E-state index is 0.209. The number of aliphatic hydroxyl groups is 1. The molecule has 1 aliphatic rings. The molecular formula is C23H29N5O. The molecule has 152 valence electrons. The maximum absolute atomic E-state index is 9.61. The molecule has 4 rings (SSSR count). The van der Waals surface area contributed by atoms with Gasteiger partial charge < -0.3 is 9.67 Å². The third-order valence-electron chi connectivity index (χ3n) is 5.58. The van der Waals surface area contributed by atoms with Crippen LogP contribution in [0.2, 0.25) is 0 Å². The van der Waals surface area contributed by atoms with E-state index in [1.807, 2.05) is 37.4 Å². The highest BCUT2D eigenvalue weighted by molar-refractivity contribution is 5.27. The van der Waals surface area contributed by atoms with Crippen LogP contribution in [0.15, 0.2) is 60.9 Å². The molecule has 0 aliphatic carbocycles. The molecule has 1 fully saturated rings. The van der Waals surface area contributed by atoms with Crippen LogP contribution in [0.25, 0.3) is 5.82 Å². The summed E-state index contributed by atoms with van der Waals surface area (Å²) in [6.07, 6.45) is 4.68. The standard InChI is InChI=1S/C23H29N5O/c1-19-6-4-7-20(25-19)16-27-14-13-26(17-21(27)10-15-29)18-22-8-5-12-28(22)23-9-2-3-11-24-23/h2-9,11-12,21,29H,10,13-18H2,1H3/t21-/m0/s1. The second-order valence-corrected chi connectivity index (χ2v) is 7.70. The SMILES string of the molecule is Cc1cccc(CN2CCN(Cc3cccn3-c3ccccn3)C[C@@H]2CCO)n1. The molecule has 6 nitrogen and oxygen atoms in total. The lowest BCUT2D eigenvalue weighted by Gasteiger charge is -2.41. The number of aryl methyl sites for hydroxylation is 1. The molecule has 3 aromatic heterocycles. The van der Waals surface area contributed by atoms with Crippen molar-refractivity contribution < 1.29 is 5.11 Å². The third kappa shape index (κ3) is 4.90. The maximum Gasteiger partial charge on any atom is 0.136 e. The number of rotatable bonds is 7. The lowest BCUT2D eigenvalue weighted by molar-refractivity contribution is 0.0483. The van der Waals surface area contributed by atoms with E-state index in [4.69, 9.17) is 0 Å². The summed E-state index contributed by atoms with van der Waals surface area (Å²) >= 11 is 0. The second-order valence-electron chi connectivity index (χ2n) is 7.70. The molecule has 0 bridgehead atoms. The summed E-state index contributed by atoms with van der Waals surface area (Å²) in [4.78, 5) is 14.1. The number of pyridine rings is 2. The van der Waals surface area contributed by atoms with Crippen molar-refractivity contribution in [2.75, 3.05) is 26.2 Å². The van der Waals surface area contributed by atoms with Crippen molar-refractivity contribution >= 4 is 0 Å². The Labute approximate surface area is 172 Å². The molecular weight excluding hydrogens is 362 g/mol. The van der Waals surface area contributed by atoms with E-state index in [0.29, 0.717) is 6.04 Å². The van der Waals surface area contributed by atoms with Gasteiger partial charge in [-0.3, -0.25) is 14.8 Å². The van der Waals surface area contributed by atoms with Gasteiger partial charge in [0.15, 0.2) is 0 Å². The lowest BCUT2D eigenvalue weighted by atomic mass is 10.1. The summed E-state index contributed by atoms with van der Waals surface area (Å²) in [5, 5.41) is 9.61. The fraction of sp³-hybridized carbons (Fsp3) is 0.391. The fourth-order valence-electron chi connectivity index (χ4n) is 4.12. The van der Waals surface area contributed by atoms with Gasteiger partial charge in [0.05, 0.1) is 5.69 Å². The van der Waals surface area contributed by atoms with E-state index >= 15 is 0 Å². The Morgan fingerprint density at radius 1 is 1.03 bits per heavy atom. The number of hydrogen-bond donors (Lipinski definition) is 1. The van der Waals surface area contributed by atoms with Crippen molar-refractivity contribution in [1.82, 2.24) is 24.3 Å². The van der Waals surface area contributed by atoms with Crippen molar-refractivity contribution in [1.29, 1.82) is 0 Å². The normalized spacial score (nSPS) is 18.2. The van der Waals surface area contributed by atoms with Crippen molar-refractivity contribution in [3.8, 4) is 5.82 Å². The molecule has 0 radical (unpaired) electrons. The Morgan fingerprint density at radius 3 is 2.76 bits per heavy atom. The number of aromatic nitrogens is 3. The molecule has 1 atom stereocenters. The van der Waals surface area contributed by atoms with E-state index in [-0.39, 0.29) is 6.61 Å². The van der Waals surface area contributed by atoms with Crippen molar-refractivity contribution in [3.05, 3.63) is 78.0 Å². The van der Waals surface area contributed by atoms with Gasteiger partial charge >= 0.3 is 0 Å². The Kier molecular flexibility index (Phi) is 6.34. The van der Waals surface area contributed by atoms with Gasteiger partial charge in [-0.2, -0.15) is 0 Å². The van der Waals surface area contributed by atoms with E-state index in [1.165, 1.54) is 5.69 Å². The van der Waals surface area contributed by atoms with Crippen molar-refractivity contribution in [2.45, 2.75) is 32.5 Å². The van der Waals surface area contributed by atoms with Crippen LogP contribution in [0.1, 0.15) is 23.5 Å². The molecule has 6 heteroatoms. The van der Waals surface area contributed by atoms with Crippen molar-refractivity contribution in [2.24, 2.45) is 0 Å². The average Bonchev–Trinajstić information content (AvgIpc) is 3.19. The monoisotopic (exact) mass is 391 g/mol. The first-order valence-electron chi connectivity index (χ1n) is 10.3. The third-order valence-corrected chi connectivity index (χ3v) is 5.58. The van der Waals surface area contributed by atoms with Gasteiger partial charge in [0.2, 0.25) is 0 Å². The Bertz CT molecular complexity index is 910. The zero-order valence-corrected chi connectivity index (χ0v) is 17.0. The van der Waals surface area contributed by atoms with Crippen LogP contribution in [0.5, 0.6) is 0 Å². The molecule has 0 aromatic carbocycles. The van der Waals surface area contributed by atoms with E-state index in [0.717, 1.165) is 56.4 Å². The van der Waals surface area contributed by atoms with Gasteiger partial charge in [0.1, 0.15) is 5.82 Å². The van der Waals surface area contributed by atoms with E-state index in [9.17, 15) is 5.11 Å². The molecule has 0 unspecified atom stereocenters. The summed E-state index contributed by atoms with van der Waals surface area (Å²) in [6, 6.07) is 16.8. The molecule has 0 saturated carbocycles. The van der Waals surface area contributed by atoms with E-state index < -0.39 is 0 Å². The lowest BCUT2D eigenvalue weighted by Crippen LogP contribution is -2.52. The Hall–Kier alpha value is -2.54. The smallest absolute Gasteiger partial charge is 0.136 e. The maximum atomic E-state index is 9.61. The molecule has 1 N–H and O–H groups in total. The van der Waals surface area contributed by atoms with Crippen LogP contribution >= 0.6 is 0 Å². The van der Waals surface area contributed by atoms with Crippen LogP contribution in [-0.4, -0.2) is 61.7 Å². The summed E-state index contributed by atoms with van der Waals surface area (Å²) in [6.45, 7) is 6.88. The minimum Gasteiger partial charge on any atom is -0.396 e. The predicted octanol–water partition coefficient (Wildman–Crippen LogP) is 2.64. The quantitative estimate of drug-likeness (QED) is 0.671.